The lowest BCUT2D eigenvalue weighted by molar-refractivity contribution is 0.0599. The van der Waals surface area contributed by atoms with E-state index < -0.39 is 0 Å². The van der Waals surface area contributed by atoms with Crippen LogP contribution in [0, 0.1) is 12.8 Å². The number of carbonyl (C=O) groups is 1. The van der Waals surface area contributed by atoms with Crippen LogP contribution in [0.25, 0.3) is 0 Å². The number of rotatable bonds is 4. The van der Waals surface area contributed by atoms with Gasteiger partial charge in [0, 0.05) is 12.6 Å². The van der Waals surface area contributed by atoms with Gasteiger partial charge < -0.3 is 14.9 Å². The third kappa shape index (κ3) is 3.22. The van der Waals surface area contributed by atoms with Crippen LogP contribution in [0.4, 0.5) is 0 Å². The van der Waals surface area contributed by atoms with Crippen molar-refractivity contribution in [3.63, 3.8) is 0 Å². The SMILES string of the molecule is COC(=O)c1cc(CN2CCC(C)CC2CN)oc1C. The number of likely N-dealkylation sites (tertiary alicyclic amines) is 1. The molecule has 1 fully saturated rings. The summed E-state index contributed by atoms with van der Waals surface area (Å²) in [5, 5.41) is 0. The molecule has 0 amide bonds. The summed E-state index contributed by atoms with van der Waals surface area (Å²) < 4.78 is 10.4. The highest BCUT2D eigenvalue weighted by Gasteiger charge is 2.26. The molecule has 1 aromatic rings. The van der Waals surface area contributed by atoms with E-state index in [2.05, 4.69) is 11.8 Å². The molecule has 1 aromatic heterocycles. The molecular weight excluding hydrogens is 256 g/mol. The van der Waals surface area contributed by atoms with Gasteiger partial charge in [-0.3, -0.25) is 4.90 Å². The van der Waals surface area contributed by atoms with Crippen LogP contribution in [0.1, 0.15) is 41.6 Å². The van der Waals surface area contributed by atoms with Crippen molar-refractivity contribution in [3.05, 3.63) is 23.2 Å². The van der Waals surface area contributed by atoms with E-state index in [1.807, 2.05) is 0 Å². The molecule has 1 aliphatic heterocycles. The van der Waals surface area contributed by atoms with Gasteiger partial charge in [-0.1, -0.05) is 6.92 Å². The Labute approximate surface area is 120 Å². The van der Waals surface area contributed by atoms with Crippen LogP contribution < -0.4 is 5.73 Å². The number of furan rings is 1. The van der Waals surface area contributed by atoms with Gasteiger partial charge in [0.25, 0.3) is 0 Å². The number of ether oxygens (including phenoxy) is 1. The molecule has 2 atom stereocenters. The Morgan fingerprint density at radius 2 is 2.35 bits per heavy atom. The van der Waals surface area contributed by atoms with Crippen LogP contribution >= 0.6 is 0 Å². The maximum Gasteiger partial charge on any atom is 0.341 e. The molecule has 2 rings (SSSR count). The van der Waals surface area contributed by atoms with Crippen LogP contribution in [-0.2, 0) is 11.3 Å². The fraction of sp³-hybridized carbons (Fsp3) is 0.667. The molecular formula is C15H24N2O3. The third-order valence-corrected chi connectivity index (χ3v) is 4.11. The topological polar surface area (TPSA) is 68.7 Å². The Balaban J connectivity index is 2.07. The Morgan fingerprint density at radius 1 is 1.60 bits per heavy atom. The lowest BCUT2D eigenvalue weighted by Crippen LogP contribution is -2.45. The molecule has 5 nitrogen and oxygen atoms in total. The van der Waals surface area contributed by atoms with Gasteiger partial charge in [0.05, 0.1) is 13.7 Å². The third-order valence-electron chi connectivity index (χ3n) is 4.11. The molecule has 2 N–H and O–H groups in total. The highest BCUT2D eigenvalue weighted by Crippen LogP contribution is 2.25. The average molecular weight is 280 g/mol. The van der Waals surface area contributed by atoms with Gasteiger partial charge in [0.1, 0.15) is 17.1 Å². The van der Waals surface area contributed by atoms with E-state index in [9.17, 15) is 4.79 Å². The zero-order valence-electron chi connectivity index (χ0n) is 12.5. The van der Waals surface area contributed by atoms with E-state index in [1.165, 1.54) is 13.5 Å². The molecule has 0 saturated carbocycles. The quantitative estimate of drug-likeness (QED) is 0.854. The smallest absolute Gasteiger partial charge is 0.341 e. The number of piperidine rings is 1. The molecule has 1 saturated heterocycles. The second-order valence-electron chi connectivity index (χ2n) is 5.66. The number of nitrogens with zero attached hydrogens (tertiary/aromatic N) is 1. The van der Waals surface area contributed by atoms with E-state index in [0.717, 1.165) is 24.6 Å². The summed E-state index contributed by atoms with van der Waals surface area (Å²) in [4.78, 5) is 13.9. The molecule has 1 aliphatic rings. The number of hydrogen-bond donors (Lipinski definition) is 1. The standard InChI is InChI=1S/C15H24N2O3/c1-10-4-5-17(12(6-10)8-16)9-13-7-14(11(2)20-13)15(18)19-3/h7,10,12H,4-6,8-9,16H2,1-3H3. The molecule has 5 heteroatoms. The van der Waals surface area contributed by atoms with Gasteiger partial charge in [-0.15, -0.1) is 0 Å². The van der Waals surface area contributed by atoms with Gasteiger partial charge in [0.2, 0.25) is 0 Å². The van der Waals surface area contributed by atoms with Crippen molar-refractivity contribution in [2.75, 3.05) is 20.2 Å². The van der Waals surface area contributed by atoms with Crippen LogP contribution in [0.2, 0.25) is 0 Å². The number of methoxy groups -OCH3 is 1. The van der Waals surface area contributed by atoms with Crippen LogP contribution in [0.3, 0.4) is 0 Å². The Kier molecular flexibility index (Phi) is 4.83. The minimum atomic E-state index is -0.347. The summed E-state index contributed by atoms with van der Waals surface area (Å²) in [6.07, 6.45) is 2.31. The van der Waals surface area contributed by atoms with E-state index in [-0.39, 0.29) is 5.97 Å². The minimum Gasteiger partial charge on any atom is -0.465 e. The van der Waals surface area contributed by atoms with Crippen molar-refractivity contribution in [1.82, 2.24) is 4.90 Å². The van der Waals surface area contributed by atoms with E-state index in [1.54, 1.807) is 13.0 Å². The van der Waals surface area contributed by atoms with Gasteiger partial charge in [0.15, 0.2) is 0 Å². The number of nitrogens with two attached hydrogens (primary N) is 1. The number of carbonyl (C=O) groups excluding carboxylic acids is 1. The number of hydrogen-bond acceptors (Lipinski definition) is 5. The van der Waals surface area contributed by atoms with Crippen LogP contribution in [0.5, 0.6) is 0 Å². The molecule has 112 valence electrons. The summed E-state index contributed by atoms with van der Waals surface area (Å²) in [6.45, 7) is 6.44. The van der Waals surface area contributed by atoms with Crippen molar-refractivity contribution in [2.45, 2.75) is 39.3 Å². The van der Waals surface area contributed by atoms with E-state index >= 15 is 0 Å². The summed E-state index contributed by atoms with van der Waals surface area (Å²) >= 11 is 0. The fourth-order valence-corrected chi connectivity index (χ4v) is 2.89. The summed E-state index contributed by atoms with van der Waals surface area (Å²) in [5.41, 5.74) is 6.38. The van der Waals surface area contributed by atoms with Crippen LogP contribution in [-0.4, -0.2) is 37.1 Å². The van der Waals surface area contributed by atoms with Gasteiger partial charge in [-0.25, -0.2) is 4.79 Å². The molecule has 2 unspecified atom stereocenters. The molecule has 20 heavy (non-hydrogen) atoms. The first-order chi connectivity index (χ1) is 9.55. The first-order valence-corrected chi connectivity index (χ1v) is 7.16. The fourth-order valence-electron chi connectivity index (χ4n) is 2.89. The van der Waals surface area contributed by atoms with Crippen LogP contribution in [0.15, 0.2) is 10.5 Å². The summed E-state index contributed by atoms with van der Waals surface area (Å²) in [7, 11) is 1.38. The molecule has 2 heterocycles. The zero-order chi connectivity index (χ0) is 14.7. The second-order valence-corrected chi connectivity index (χ2v) is 5.66. The highest BCUT2D eigenvalue weighted by molar-refractivity contribution is 5.90. The lowest BCUT2D eigenvalue weighted by atomic mass is 9.92. The molecule has 0 spiro atoms. The molecule has 0 bridgehead atoms. The Hall–Kier alpha value is -1.33. The van der Waals surface area contributed by atoms with Crippen molar-refractivity contribution in [2.24, 2.45) is 11.7 Å². The molecule has 0 aliphatic carbocycles. The monoisotopic (exact) mass is 280 g/mol. The lowest BCUT2D eigenvalue weighted by Gasteiger charge is -2.37. The zero-order valence-corrected chi connectivity index (χ0v) is 12.5. The first kappa shape index (κ1) is 15.1. The van der Waals surface area contributed by atoms with Gasteiger partial charge in [-0.05, 0) is 38.3 Å². The van der Waals surface area contributed by atoms with E-state index in [4.69, 9.17) is 14.9 Å². The predicted molar refractivity (Wildman–Crippen MR) is 76.4 cm³/mol. The average Bonchev–Trinajstić information content (AvgIpc) is 2.80. The number of aryl methyl sites for hydroxylation is 1. The van der Waals surface area contributed by atoms with Crippen molar-refractivity contribution < 1.29 is 13.9 Å². The number of esters is 1. The largest absolute Gasteiger partial charge is 0.465 e. The normalized spacial score (nSPS) is 23.8. The minimum absolute atomic E-state index is 0.347. The molecule has 0 radical (unpaired) electrons. The van der Waals surface area contributed by atoms with Crippen molar-refractivity contribution in [1.29, 1.82) is 0 Å². The van der Waals surface area contributed by atoms with Crippen molar-refractivity contribution >= 4 is 5.97 Å². The maximum atomic E-state index is 11.6. The summed E-state index contributed by atoms with van der Waals surface area (Å²) in [6, 6.07) is 2.18. The maximum absolute atomic E-state index is 11.6. The predicted octanol–water partition coefficient (Wildman–Crippen LogP) is 1.93. The Bertz CT molecular complexity index is 470. The Morgan fingerprint density at radius 3 is 3.00 bits per heavy atom. The van der Waals surface area contributed by atoms with Crippen molar-refractivity contribution in [3.8, 4) is 0 Å². The summed E-state index contributed by atoms with van der Waals surface area (Å²) in [5.74, 6) is 1.79. The van der Waals surface area contributed by atoms with Gasteiger partial charge in [-0.2, -0.15) is 0 Å². The second kappa shape index (κ2) is 6.41. The molecule has 0 aromatic carbocycles. The first-order valence-electron chi connectivity index (χ1n) is 7.16. The van der Waals surface area contributed by atoms with E-state index in [0.29, 0.717) is 30.5 Å². The van der Waals surface area contributed by atoms with Gasteiger partial charge >= 0.3 is 5.97 Å². The highest BCUT2D eigenvalue weighted by atomic mass is 16.5.